The Morgan fingerprint density at radius 1 is 1.25 bits per heavy atom. The van der Waals surface area contributed by atoms with Gasteiger partial charge in [-0.3, -0.25) is 9.89 Å². The molecular weight excluding hydrogens is 363 g/mol. The molecule has 0 bridgehead atoms. The third-order valence-corrected chi connectivity index (χ3v) is 3.86. The molecule has 0 aromatic heterocycles. The van der Waals surface area contributed by atoms with Crippen LogP contribution in [0.1, 0.15) is 46.5 Å². The molecule has 1 fully saturated rings. The van der Waals surface area contributed by atoms with E-state index in [0.717, 1.165) is 31.0 Å². The van der Waals surface area contributed by atoms with Crippen LogP contribution in [0.5, 0.6) is 0 Å². The van der Waals surface area contributed by atoms with Crippen LogP contribution in [0.25, 0.3) is 0 Å². The summed E-state index contributed by atoms with van der Waals surface area (Å²) in [5, 5.41) is 6.80. The zero-order valence-corrected chi connectivity index (χ0v) is 16.1. The fourth-order valence-electron chi connectivity index (χ4n) is 2.17. The van der Waals surface area contributed by atoms with Gasteiger partial charge in [0.05, 0.1) is 0 Å². The summed E-state index contributed by atoms with van der Waals surface area (Å²) in [6, 6.07) is 1.37. The van der Waals surface area contributed by atoms with E-state index in [1.54, 1.807) is 0 Å². The van der Waals surface area contributed by atoms with Crippen molar-refractivity contribution < 1.29 is 0 Å². The number of hydrogen-bond acceptors (Lipinski definition) is 2. The monoisotopic (exact) mass is 396 g/mol. The normalized spacial score (nSPS) is 17.1. The number of aliphatic imine (C=N–C) groups is 1. The van der Waals surface area contributed by atoms with Crippen LogP contribution in [-0.4, -0.2) is 50.1 Å². The predicted molar refractivity (Wildman–Crippen MR) is 99.1 cm³/mol. The van der Waals surface area contributed by atoms with Crippen LogP contribution in [0, 0.1) is 5.92 Å². The second kappa shape index (κ2) is 10.7. The van der Waals surface area contributed by atoms with Crippen molar-refractivity contribution in [1.82, 2.24) is 15.5 Å². The first-order valence-electron chi connectivity index (χ1n) is 7.71. The second-order valence-corrected chi connectivity index (χ2v) is 6.16. The first-order chi connectivity index (χ1) is 9.04. The number of rotatable bonds is 8. The Morgan fingerprint density at radius 3 is 2.40 bits per heavy atom. The summed E-state index contributed by atoms with van der Waals surface area (Å²) < 4.78 is 0. The van der Waals surface area contributed by atoms with Gasteiger partial charge < -0.3 is 10.6 Å². The van der Waals surface area contributed by atoms with Gasteiger partial charge in [-0.25, -0.2) is 0 Å². The Hall–Kier alpha value is -0.0400. The minimum Gasteiger partial charge on any atom is -0.356 e. The van der Waals surface area contributed by atoms with E-state index in [0.29, 0.717) is 6.04 Å². The molecule has 4 nitrogen and oxygen atoms in total. The molecule has 5 heteroatoms. The van der Waals surface area contributed by atoms with Gasteiger partial charge in [-0.05, 0) is 45.6 Å². The highest BCUT2D eigenvalue weighted by molar-refractivity contribution is 14.0. The molecule has 0 radical (unpaired) electrons. The molecular formula is C15H33IN4. The third kappa shape index (κ3) is 8.29. The second-order valence-electron chi connectivity index (χ2n) is 6.16. The number of halogens is 1. The van der Waals surface area contributed by atoms with E-state index in [-0.39, 0.29) is 24.0 Å². The van der Waals surface area contributed by atoms with Gasteiger partial charge in [-0.1, -0.05) is 13.8 Å². The number of guanidine groups is 1. The predicted octanol–water partition coefficient (Wildman–Crippen LogP) is 2.69. The van der Waals surface area contributed by atoms with Crippen LogP contribution in [0.3, 0.4) is 0 Å². The van der Waals surface area contributed by atoms with E-state index < -0.39 is 0 Å². The van der Waals surface area contributed by atoms with E-state index in [2.05, 4.69) is 48.3 Å². The summed E-state index contributed by atoms with van der Waals surface area (Å²) >= 11 is 0. The van der Waals surface area contributed by atoms with Gasteiger partial charge in [-0.2, -0.15) is 0 Å². The standard InChI is InChI=1S/C15H32N4.HI/c1-12(2)7-6-10-17-15(16-4)18-11-13(3)19(5)14-8-9-14;/h12-14H,6-11H2,1-5H3,(H2,16,17,18);1H. The summed E-state index contributed by atoms with van der Waals surface area (Å²) in [7, 11) is 4.07. The van der Waals surface area contributed by atoms with E-state index in [1.807, 2.05) is 7.05 Å². The third-order valence-electron chi connectivity index (χ3n) is 3.86. The molecule has 0 aliphatic heterocycles. The zero-order valence-electron chi connectivity index (χ0n) is 13.8. The van der Waals surface area contributed by atoms with Crippen LogP contribution < -0.4 is 10.6 Å². The van der Waals surface area contributed by atoms with Crippen LogP contribution in [0.2, 0.25) is 0 Å². The Labute approximate surface area is 142 Å². The minimum atomic E-state index is 0. The largest absolute Gasteiger partial charge is 0.356 e. The average molecular weight is 396 g/mol. The molecule has 1 saturated carbocycles. The minimum absolute atomic E-state index is 0. The smallest absolute Gasteiger partial charge is 0.191 e. The summed E-state index contributed by atoms with van der Waals surface area (Å²) in [5.74, 6) is 1.71. The Morgan fingerprint density at radius 2 is 1.90 bits per heavy atom. The molecule has 0 spiro atoms. The number of hydrogen-bond donors (Lipinski definition) is 2. The van der Waals surface area contributed by atoms with E-state index in [9.17, 15) is 0 Å². The lowest BCUT2D eigenvalue weighted by Crippen LogP contribution is -2.45. The highest BCUT2D eigenvalue weighted by Crippen LogP contribution is 2.26. The molecule has 120 valence electrons. The lowest BCUT2D eigenvalue weighted by Gasteiger charge is -2.25. The van der Waals surface area contributed by atoms with Crippen molar-refractivity contribution in [2.45, 2.75) is 58.5 Å². The maximum absolute atomic E-state index is 4.27. The van der Waals surface area contributed by atoms with Gasteiger partial charge in [0, 0.05) is 32.2 Å². The zero-order chi connectivity index (χ0) is 14.3. The molecule has 2 N–H and O–H groups in total. The lowest BCUT2D eigenvalue weighted by atomic mass is 10.1. The fraction of sp³-hybridized carbons (Fsp3) is 0.933. The molecule has 20 heavy (non-hydrogen) atoms. The number of nitrogens with one attached hydrogen (secondary N) is 2. The van der Waals surface area contributed by atoms with Crippen molar-refractivity contribution in [3.05, 3.63) is 0 Å². The van der Waals surface area contributed by atoms with Crippen molar-refractivity contribution >= 4 is 29.9 Å². The molecule has 1 rings (SSSR count). The average Bonchev–Trinajstić information content (AvgIpc) is 3.20. The van der Waals surface area contributed by atoms with Crippen LogP contribution >= 0.6 is 24.0 Å². The maximum atomic E-state index is 4.27. The maximum Gasteiger partial charge on any atom is 0.191 e. The lowest BCUT2D eigenvalue weighted by molar-refractivity contribution is 0.247. The molecule has 1 unspecified atom stereocenters. The molecule has 1 aliphatic carbocycles. The van der Waals surface area contributed by atoms with Crippen molar-refractivity contribution in [2.24, 2.45) is 10.9 Å². The Bertz CT molecular complexity index is 277. The highest BCUT2D eigenvalue weighted by atomic mass is 127. The molecule has 0 amide bonds. The summed E-state index contributed by atoms with van der Waals surface area (Å²) in [6.07, 6.45) is 5.20. The highest BCUT2D eigenvalue weighted by Gasteiger charge is 2.28. The van der Waals surface area contributed by atoms with Crippen molar-refractivity contribution in [2.75, 3.05) is 27.2 Å². The molecule has 0 aromatic rings. The first-order valence-corrected chi connectivity index (χ1v) is 7.71. The number of likely N-dealkylation sites (N-methyl/N-ethyl adjacent to an activating group) is 1. The number of nitrogens with zero attached hydrogens (tertiary/aromatic N) is 2. The van der Waals surface area contributed by atoms with Crippen molar-refractivity contribution in [1.29, 1.82) is 0 Å². The van der Waals surface area contributed by atoms with Crippen LogP contribution in [0.15, 0.2) is 4.99 Å². The first kappa shape index (κ1) is 20.0. The molecule has 0 heterocycles. The molecule has 1 atom stereocenters. The van der Waals surface area contributed by atoms with Gasteiger partial charge >= 0.3 is 0 Å². The summed E-state index contributed by atoms with van der Waals surface area (Å²) in [4.78, 5) is 6.74. The quantitative estimate of drug-likeness (QED) is 0.287. The van der Waals surface area contributed by atoms with Gasteiger partial charge in [0.25, 0.3) is 0 Å². The van der Waals surface area contributed by atoms with E-state index >= 15 is 0 Å². The van der Waals surface area contributed by atoms with Gasteiger partial charge in [0.1, 0.15) is 0 Å². The summed E-state index contributed by atoms with van der Waals surface area (Å²) in [5.41, 5.74) is 0. The van der Waals surface area contributed by atoms with Gasteiger partial charge in [0.2, 0.25) is 0 Å². The fourth-order valence-corrected chi connectivity index (χ4v) is 2.17. The SMILES string of the molecule is CN=C(NCCCC(C)C)NCC(C)N(C)C1CC1.I. The molecule has 0 aromatic carbocycles. The Balaban J connectivity index is 0.00000361. The van der Waals surface area contributed by atoms with E-state index in [4.69, 9.17) is 0 Å². The van der Waals surface area contributed by atoms with Crippen molar-refractivity contribution in [3.8, 4) is 0 Å². The van der Waals surface area contributed by atoms with Gasteiger partial charge in [0.15, 0.2) is 5.96 Å². The summed E-state index contributed by atoms with van der Waals surface area (Å²) in [6.45, 7) is 8.77. The molecule has 1 aliphatic rings. The topological polar surface area (TPSA) is 39.7 Å². The Kier molecular flexibility index (Phi) is 10.6. The van der Waals surface area contributed by atoms with Crippen molar-refractivity contribution in [3.63, 3.8) is 0 Å². The van der Waals surface area contributed by atoms with Crippen LogP contribution in [0.4, 0.5) is 0 Å². The van der Waals surface area contributed by atoms with E-state index in [1.165, 1.54) is 25.7 Å². The van der Waals surface area contributed by atoms with Gasteiger partial charge in [-0.15, -0.1) is 24.0 Å². The molecule has 0 saturated heterocycles. The van der Waals surface area contributed by atoms with Crippen LogP contribution in [-0.2, 0) is 0 Å².